The largest absolute Gasteiger partial charge is 0.460 e. The second-order valence-corrected chi connectivity index (χ2v) is 4.70. The van der Waals surface area contributed by atoms with Crippen molar-refractivity contribution in [1.29, 1.82) is 0 Å². The number of carbonyl (C=O) groups excluding carboxylic acids is 1. The van der Waals surface area contributed by atoms with E-state index in [0.29, 0.717) is 6.42 Å². The van der Waals surface area contributed by atoms with Crippen molar-refractivity contribution < 1.29 is 44.3 Å². The molecule has 0 aromatic heterocycles. The predicted molar refractivity (Wildman–Crippen MR) is 58.0 cm³/mol. The van der Waals surface area contributed by atoms with E-state index in [0.717, 1.165) is 0 Å². The molecule has 0 aliphatic carbocycles. The normalized spacial score (nSPS) is 15.6. The van der Waals surface area contributed by atoms with Crippen LogP contribution in [0.5, 0.6) is 0 Å². The first-order chi connectivity index (χ1) is 9.62. The fraction of sp³-hybridized carbons (Fsp3) is 0.909. The highest BCUT2D eigenvalue weighted by Gasteiger charge is 2.81. The van der Waals surface area contributed by atoms with E-state index in [1.807, 2.05) is 0 Å². The van der Waals surface area contributed by atoms with Crippen LogP contribution in [0.25, 0.3) is 0 Å². The topological polar surface area (TPSA) is 29.1 Å². The smallest absolute Gasteiger partial charge is 0.356 e. The Kier molecular flexibility index (Phi) is 6.19. The number of carbonyl (C=O) groups is 1. The highest BCUT2D eigenvalue weighted by atomic mass is 19.4. The van der Waals surface area contributed by atoms with Gasteiger partial charge in [-0.05, 0) is 6.42 Å². The van der Waals surface area contributed by atoms with Crippen LogP contribution in [0.15, 0.2) is 0 Å². The summed E-state index contributed by atoms with van der Waals surface area (Å²) in [7, 11) is 0. The molecular weight excluding hydrogens is 333 g/mol. The first-order valence-corrected chi connectivity index (χ1v) is 6.09. The first-order valence-electron chi connectivity index (χ1n) is 6.09. The van der Waals surface area contributed by atoms with Crippen molar-refractivity contribution >= 4 is 5.91 Å². The van der Waals surface area contributed by atoms with E-state index >= 15 is 0 Å². The number of hydrogen-bond donors (Lipinski definition) is 1. The van der Waals surface area contributed by atoms with Gasteiger partial charge in [-0.1, -0.05) is 13.8 Å². The Labute approximate surface area is 120 Å². The van der Waals surface area contributed by atoms with Crippen molar-refractivity contribution in [2.75, 3.05) is 6.54 Å². The molecule has 0 aliphatic heterocycles. The maximum Gasteiger partial charge on any atom is 0.460 e. The second-order valence-electron chi connectivity index (χ2n) is 4.70. The molecule has 0 fully saturated rings. The standard InChI is InChI=1S/C11H14F9NO/c1-3-6(2)7(22)21-5-4-8(12,13)9(14,15)10(16,17)11(18,19)20/h6H,3-5H2,1-2H3,(H,21,22). The molecule has 1 N–H and O–H groups in total. The number of halogens is 9. The summed E-state index contributed by atoms with van der Waals surface area (Å²) in [5.41, 5.74) is 0. The van der Waals surface area contributed by atoms with Gasteiger partial charge in [0, 0.05) is 18.9 Å². The van der Waals surface area contributed by atoms with E-state index < -0.39 is 48.7 Å². The van der Waals surface area contributed by atoms with Gasteiger partial charge in [0.25, 0.3) is 0 Å². The predicted octanol–water partition coefficient (Wildman–Crippen LogP) is 4.01. The lowest BCUT2D eigenvalue weighted by Gasteiger charge is -2.33. The third-order valence-corrected chi connectivity index (χ3v) is 3.01. The number of alkyl halides is 9. The minimum Gasteiger partial charge on any atom is -0.356 e. The van der Waals surface area contributed by atoms with Gasteiger partial charge in [-0.2, -0.15) is 39.5 Å². The molecule has 0 saturated carbocycles. The van der Waals surface area contributed by atoms with E-state index in [-0.39, 0.29) is 0 Å². The van der Waals surface area contributed by atoms with Crippen LogP contribution in [0.2, 0.25) is 0 Å². The summed E-state index contributed by atoms with van der Waals surface area (Å²) < 4.78 is 112. The first kappa shape index (κ1) is 20.8. The van der Waals surface area contributed by atoms with E-state index in [4.69, 9.17) is 0 Å². The lowest BCUT2D eigenvalue weighted by Crippen LogP contribution is -2.61. The molecule has 11 heteroatoms. The van der Waals surface area contributed by atoms with Crippen LogP contribution < -0.4 is 5.32 Å². The van der Waals surface area contributed by atoms with Gasteiger partial charge in [-0.3, -0.25) is 4.79 Å². The minimum atomic E-state index is -6.90. The Hall–Kier alpha value is -1.16. The monoisotopic (exact) mass is 347 g/mol. The summed E-state index contributed by atoms with van der Waals surface area (Å²) >= 11 is 0. The highest BCUT2D eigenvalue weighted by Crippen LogP contribution is 2.53. The molecule has 0 rings (SSSR count). The van der Waals surface area contributed by atoms with Crippen molar-refractivity contribution in [1.82, 2.24) is 5.32 Å². The van der Waals surface area contributed by atoms with E-state index in [9.17, 15) is 44.3 Å². The second kappa shape index (κ2) is 6.53. The lowest BCUT2D eigenvalue weighted by molar-refractivity contribution is -0.396. The third-order valence-electron chi connectivity index (χ3n) is 3.01. The molecule has 0 aromatic rings. The van der Waals surface area contributed by atoms with Gasteiger partial charge in [-0.25, -0.2) is 0 Å². The molecule has 0 spiro atoms. The molecule has 22 heavy (non-hydrogen) atoms. The number of nitrogens with one attached hydrogen (secondary N) is 1. The number of rotatable bonds is 7. The van der Waals surface area contributed by atoms with Crippen molar-refractivity contribution in [2.24, 2.45) is 5.92 Å². The number of hydrogen-bond acceptors (Lipinski definition) is 1. The fourth-order valence-electron chi connectivity index (χ4n) is 1.27. The van der Waals surface area contributed by atoms with Crippen LogP contribution in [0, 0.1) is 5.92 Å². The molecular formula is C11H14F9NO. The van der Waals surface area contributed by atoms with Crippen molar-refractivity contribution in [3.8, 4) is 0 Å². The Morgan fingerprint density at radius 2 is 1.41 bits per heavy atom. The van der Waals surface area contributed by atoms with E-state index in [2.05, 4.69) is 0 Å². The van der Waals surface area contributed by atoms with Crippen molar-refractivity contribution in [3.63, 3.8) is 0 Å². The average Bonchev–Trinajstić information content (AvgIpc) is 2.35. The molecule has 0 heterocycles. The molecule has 0 bridgehead atoms. The minimum absolute atomic E-state index is 0.296. The van der Waals surface area contributed by atoms with E-state index in [1.165, 1.54) is 6.92 Å². The molecule has 0 aromatic carbocycles. The summed E-state index contributed by atoms with van der Waals surface area (Å²) in [6.45, 7) is 1.79. The number of amides is 1. The summed E-state index contributed by atoms with van der Waals surface area (Å²) in [6.07, 6.45) is -8.60. The molecule has 1 amide bonds. The molecule has 2 nitrogen and oxygen atoms in total. The molecule has 0 aliphatic rings. The van der Waals surface area contributed by atoms with Gasteiger partial charge in [-0.15, -0.1) is 0 Å². The van der Waals surface area contributed by atoms with Crippen LogP contribution in [0.4, 0.5) is 39.5 Å². The summed E-state index contributed by atoms with van der Waals surface area (Å²) in [5.74, 6) is -20.6. The lowest BCUT2D eigenvalue weighted by atomic mass is 10.0. The zero-order chi connectivity index (χ0) is 18.0. The van der Waals surface area contributed by atoms with Gasteiger partial charge in [0.1, 0.15) is 0 Å². The van der Waals surface area contributed by atoms with Crippen LogP contribution in [0.3, 0.4) is 0 Å². The zero-order valence-corrected chi connectivity index (χ0v) is 11.5. The third kappa shape index (κ3) is 3.97. The van der Waals surface area contributed by atoms with Crippen molar-refractivity contribution in [2.45, 2.75) is 50.6 Å². The van der Waals surface area contributed by atoms with Gasteiger partial charge in [0.15, 0.2) is 0 Å². The quantitative estimate of drug-likeness (QED) is 0.693. The fourth-order valence-corrected chi connectivity index (χ4v) is 1.27. The Bertz CT molecular complexity index is 392. The van der Waals surface area contributed by atoms with Gasteiger partial charge in [0.05, 0.1) is 0 Å². The van der Waals surface area contributed by atoms with Crippen molar-refractivity contribution in [3.05, 3.63) is 0 Å². The zero-order valence-electron chi connectivity index (χ0n) is 11.5. The average molecular weight is 347 g/mol. The van der Waals surface area contributed by atoms with Crippen LogP contribution in [-0.4, -0.2) is 36.4 Å². The molecule has 0 radical (unpaired) electrons. The van der Waals surface area contributed by atoms with Crippen LogP contribution >= 0.6 is 0 Å². The molecule has 1 unspecified atom stereocenters. The Morgan fingerprint density at radius 3 is 1.77 bits per heavy atom. The molecule has 0 saturated heterocycles. The van der Waals surface area contributed by atoms with E-state index in [1.54, 1.807) is 12.2 Å². The van der Waals surface area contributed by atoms with Gasteiger partial charge >= 0.3 is 23.9 Å². The van der Waals surface area contributed by atoms with Gasteiger partial charge < -0.3 is 5.32 Å². The molecule has 1 atom stereocenters. The SMILES string of the molecule is CCC(C)C(=O)NCCC(F)(F)C(F)(F)C(F)(F)C(F)(F)F. The molecule has 132 valence electrons. The maximum absolute atomic E-state index is 13.1. The summed E-state index contributed by atoms with van der Waals surface area (Å²) in [4.78, 5) is 11.2. The summed E-state index contributed by atoms with van der Waals surface area (Å²) in [6, 6.07) is 0. The highest BCUT2D eigenvalue weighted by molar-refractivity contribution is 5.78. The van der Waals surface area contributed by atoms with Crippen LogP contribution in [-0.2, 0) is 4.79 Å². The summed E-state index contributed by atoms with van der Waals surface area (Å²) in [5, 5.41) is 1.77. The van der Waals surface area contributed by atoms with Gasteiger partial charge in [0.2, 0.25) is 5.91 Å². The van der Waals surface area contributed by atoms with Crippen LogP contribution in [0.1, 0.15) is 26.7 Å². The maximum atomic E-state index is 13.1. The Morgan fingerprint density at radius 1 is 0.955 bits per heavy atom. The Balaban J connectivity index is 4.97.